The number of alkyl halides is 9. The fraction of sp³-hybridized carbons (Fsp3) is 1.00. The summed E-state index contributed by atoms with van der Waals surface area (Å²) in [5.74, 6) is -18.8. The number of nitrogens with zero attached hydrogens (tertiary/aromatic N) is 1. The monoisotopic (exact) mass is 320 g/mol. The number of hydrogen-bond donors (Lipinski definition) is 0. The molecule has 0 aliphatic rings. The van der Waals surface area contributed by atoms with E-state index in [1.807, 2.05) is 0 Å². The van der Waals surface area contributed by atoms with Crippen LogP contribution in [0.1, 0.15) is 13.3 Å². The summed E-state index contributed by atoms with van der Waals surface area (Å²) in [6.07, 6.45) is -8.54. The second-order valence-corrected chi connectivity index (χ2v) is 5.08. The van der Waals surface area contributed by atoms with Gasteiger partial charge in [-0.05, 0) is 6.92 Å². The molecule has 122 valence electrons. The quantitative estimate of drug-likeness (QED) is 0.514. The summed E-state index contributed by atoms with van der Waals surface area (Å²) in [4.78, 5) is 0. The molecule has 0 spiro atoms. The van der Waals surface area contributed by atoms with Gasteiger partial charge in [0.2, 0.25) is 0 Å². The number of halogens is 9. The summed E-state index contributed by atoms with van der Waals surface area (Å²) >= 11 is 0. The standard InChI is InChI=1S/C10H15F9N/c1-4-20(2,3)6-5-7(11,12)8(13,14)9(15,16)10(17,18)19/h4-6H2,1-3H3/q+1. The molecule has 0 radical (unpaired) electrons. The van der Waals surface area contributed by atoms with Crippen molar-refractivity contribution in [2.45, 2.75) is 37.3 Å². The minimum absolute atomic E-state index is 0.219. The van der Waals surface area contributed by atoms with Gasteiger partial charge in [0.15, 0.2) is 0 Å². The Morgan fingerprint density at radius 2 is 1.15 bits per heavy atom. The van der Waals surface area contributed by atoms with E-state index in [2.05, 4.69) is 0 Å². The highest BCUT2D eigenvalue weighted by Gasteiger charge is 2.81. The lowest BCUT2D eigenvalue weighted by atomic mass is 10.0. The molecule has 0 fully saturated rings. The third kappa shape index (κ3) is 3.50. The van der Waals surface area contributed by atoms with Gasteiger partial charge in [-0.15, -0.1) is 0 Å². The zero-order chi connectivity index (χ0) is 16.6. The number of quaternary nitrogens is 1. The Kier molecular flexibility index (Phi) is 5.09. The average molecular weight is 320 g/mol. The van der Waals surface area contributed by atoms with Gasteiger partial charge in [0, 0.05) is 0 Å². The minimum atomic E-state index is -6.80. The van der Waals surface area contributed by atoms with E-state index in [1.165, 1.54) is 21.0 Å². The minimum Gasteiger partial charge on any atom is -0.329 e. The first kappa shape index (κ1) is 19.3. The van der Waals surface area contributed by atoms with E-state index in [9.17, 15) is 39.5 Å². The molecule has 0 saturated heterocycles. The summed E-state index contributed by atoms with van der Waals surface area (Å²) in [7, 11) is 2.71. The molecular formula is C10H15F9N+. The van der Waals surface area contributed by atoms with Gasteiger partial charge in [-0.3, -0.25) is 0 Å². The van der Waals surface area contributed by atoms with E-state index in [4.69, 9.17) is 0 Å². The number of hydrogen-bond acceptors (Lipinski definition) is 0. The Labute approximate surface area is 109 Å². The van der Waals surface area contributed by atoms with E-state index in [0.717, 1.165) is 0 Å². The Balaban J connectivity index is 5.27. The predicted octanol–water partition coefficient (Wildman–Crippen LogP) is 3.94. The van der Waals surface area contributed by atoms with Crippen LogP contribution in [0.3, 0.4) is 0 Å². The lowest BCUT2D eigenvalue weighted by molar-refractivity contribution is -0.889. The van der Waals surface area contributed by atoms with Gasteiger partial charge in [-0.25, -0.2) is 0 Å². The fourth-order valence-electron chi connectivity index (χ4n) is 1.17. The van der Waals surface area contributed by atoms with Gasteiger partial charge in [0.05, 0.1) is 33.6 Å². The van der Waals surface area contributed by atoms with Crippen LogP contribution in [-0.2, 0) is 0 Å². The molecule has 0 aliphatic heterocycles. The summed E-state index contributed by atoms with van der Waals surface area (Å²) in [5.41, 5.74) is 0. The summed E-state index contributed by atoms with van der Waals surface area (Å²) in [6, 6.07) is 0. The lowest BCUT2D eigenvalue weighted by Crippen LogP contribution is -2.61. The Hall–Kier alpha value is -0.670. The molecule has 0 saturated carbocycles. The molecule has 0 amide bonds. The normalized spacial score (nSPS) is 15.6. The Morgan fingerprint density at radius 3 is 1.45 bits per heavy atom. The van der Waals surface area contributed by atoms with Crippen LogP contribution in [0, 0.1) is 0 Å². The van der Waals surface area contributed by atoms with Crippen molar-refractivity contribution in [1.82, 2.24) is 0 Å². The summed E-state index contributed by atoms with van der Waals surface area (Å²) in [5, 5.41) is 0. The van der Waals surface area contributed by atoms with Crippen LogP contribution in [0.4, 0.5) is 39.5 Å². The molecule has 0 rings (SSSR count). The van der Waals surface area contributed by atoms with Gasteiger partial charge in [0.25, 0.3) is 0 Å². The summed E-state index contributed by atoms with van der Waals surface area (Å²) < 4.78 is 113. The zero-order valence-electron chi connectivity index (χ0n) is 11.0. The highest BCUT2D eigenvalue weighted by atomic mass is 19.4. The molecule has 0 atom stereocenters. The van der Waals surface area contributed by atoms with Crippen LogP contribution in [0.5, 0.6) is 0 Å². The highest BCUT2D eigenvalue weighted by molar-refractivity contribution is 5.00. The van der Waals surface area contributed by atoms with Crippen molar-refractivity contribution < 1.29 is 44.0 Å². The lowest BCUT2D eigenvalue weighted by Gasteiger charge is -2.35. The second-order valence-electron chi connectivity index (χ2n) is 5.08. The first-order chi connectivity index (χ1) is 8.52. The van der Waals surface area contributed by atoms with Crippen molar-refractivity contribution in [3.8, 4) is 0 Å². The largest absolute Gasteiger partial charge is 0.460 e. The molecular weight excluding hydrogens is 305 g/mol. The fourth-order valence-corrected chi connectivity index (χ4v) is 1.17. The van der Waals surface area contributed by atoms with Crippen LogP contribution in [0.15, 0.2) is 0 Å². The maximum absolute atomic E-state index is 13.2. The molecule has 0 bridgehead atoms. The smallest absolute Gasteiger partial charge is 0.329 e. The van der Waals surface area contributed by atoms with E-state index in [1.54, 1.807) is 0 Å². The second kappa shape index (κ2) is 5.27. The van der Waals surface area contributed by atoms with Crippen molar-refractivity contribution in [2.24, 2.45) is 0 Å². The van der Waals surface area contributed by atoms with Gasteiger partial charge in [0.1, 0.15) is 0 Å². The third-order valence-electron chi connectivity index (χ3n) is 3.10. The Morgan fingerprint density at radius 1 is 0.750 bits per heavy atom. The highest BCUT2D eigenvalue weighted by Crippen LogP contribution is 2.54. The maximum Gasteiger partial charge on any atom is 0.460 e. The third-order valence-corrected chi connectivity index (χ3v) is 3.10. The van der Waals surface area contributed by atoms with Crippen molar-refractivity contribution >= 4 is 0 Å². The van der Waals surface area contributed by atoms with E-state index in [0.29, 0.717) is 0 Å². The van der Waals surface area contributed by atoms with Crippen molar-refractivity contribution in [1.29, 1.82) is 0 Å². The average Bonchev–Trinajstić information content (AvgIpc) is 2.24. The van der Waals surface area contributed by atoms with Crippen LogP contribution >= 0.6 is 0 Å². The van der Waals surface area contributed by atoms with Crippen LogP contribution in [-0.4, -0.2) is 55.6 Å². The van der Waals surface area contributed by atoms with E-state index >= 15 is 0 Å². The van der Waals surface area contributed by atoms with Crippen molar-refractivity contribution in [3.05, 3.63) is 0 Å². The molecule has 0 aromatic rings. The van der Waals surface area contributed by atoms with Crippen molar-refractivity contribution in [2.75, 3.05) is 27.2 Å². The van der Waals surface area contributed by atoms with E-state index < -0.39 is 36.9 Å². The van der Waals surface area contributed by atoms with Crippen LogP contribution in [0.25, 0.3) is 0 Å². The molecule has 1 nitrogen and oxygen atoms in total. The molecule has 0 unspecified atom stereocenters. The van der Waals surface area contributed by atoms with Gasteiger partial charge < -0.3 is 4.48 Å². The first-order valence-corrected chi connectivity index (χ1v) is 5.54. The maximum atomic E-state index is 13.2. The zero-order valence-corrected chi connectivity index (χ0v) is 11.0. The van der Waals surface area contributed by atoms with Gasteiger partial charge >= 0.3 is 23.9 Å². The molecule has 0 N–H and O–H groups in total. The van der Waals surface area contributed by atoms with Crippen molar-refractivity contribution in [3.63, 3.8) is 0 Å². The number of rotatable bonds is 6. The SMILES string of the molecule is CC[N+](C)(C)CCC(F)(F)C(F)(F)C(F)(F)C(F)(F)F. The topological polar surface area (TPSA) is 0 Å². The molecule has 10 heteroatoms. The van der Waals surface area contributed by atoms with E-state index in [-0.39, 0.29) is 11.0 Å². The molecule has 0 aromatic heterocycles. The molecule has 0 aromatic carbocycles. The van der Waals surface area contributed by atoms with Crippen LogP contribution < -0.4 is 0 Å². The molecule has 20 heavy (non-hydrogen) atoms. The van der Waals surface area contributed by atoms with Gasteiger partial charge in [-0.2, -0.15) is 39.5 Å². The molecule has 0 aliphatic carbocycles. The van der Waals surface area contributed by atoms with Gasteiger partial charge in [-0.1, -0.05) is 0 Å². The summed E-state index contributed by atoms with van der Waals surface area (Å²) in [6.45, 7) is 1.07. The first-order valence-electron chi connectivity index (χ1n) is 5.54. The Bertz CT molecular complexity index is 332. The molecule has 0 heterocycles. The van der Waals surface area contributed by atoms with Crippen LogP contribution in [0.2, 0.25) is 0 Å². The predicted molar refractivity (Wildman–Crippen MR) is 53.0 cm³/mol.